The van der Waals surface area contributed by atoms with Gasteiger partial charge in [0.25, 0.3) is 5.56 Å². The fourth-order valence-electron chi connectivity index (χ4n) is 4.30. The summed E-state index contributed by atoms with van der Waals surface area (Å²) in [6.45, 7) is 2.02. The van der Waals surface area contributed by atoms with Gasteiger partial charge in [-0.15, -0.1) is 0 Å². The van der Waals surface area contributed by atoms with Crippen LogP contribution in [0.25, 0.3) is 21.8 Å². The Hall–Kier alpha value is -2.38. The van der Waals surface area contributed by atoms with Crippen molar-refractivity contribution in [2.75, 3.05) is 13.6 Å². The highest BCUT2D eigenvalue weighted by molar-refractivity contribution is 6.37. The second-order valence-electron chi connectivity index (χ2n) is 7.39. The number of carbonyl (C=O) groups is 1. The van der Waals surface area contributed by atoms with Crippen molar-refractivity contribution >= 4 is 39.3 Å². The molecule has 1 aliphatic carbocycles. The molecule has 2 atom stereocenters. The number of pyridine rings is 1. The largest absolute Gasteiger partial charge is 0.360 e. The summed E-state index contributed by atoms with van der Waals surface area (Å²) in [6, 6.07) is 5.55. The predicted octanol–water partition coefficient (Wildman–Crippen LogP) is 2.92. The van der Waals surface area contributed by atoms with Crippen LogP contribution in [-0.2, 0) is 4.79 Å². The van der Waals surface area contributed by atoms with Gasteiger partial charge in [-0.05, 0) is 51.8 Å². The minimum atomic E-state index is -0.115. The molecule has 28 heavy (non-hydrogen) atoms. The van der Waals surface area contributed by atoms with Gasteiger partial charge in [0.15, 0.2) is 0 Å². The Balaban J connectivity index is 1.82. The molecule has 7 nitrogen and oxygen atoms in total. The molecule has 8 heteroatoms. The van der Waals surface area contributed by atoms with Crippen LogP contribution in [0.2, 0.25) is 5.02 Å². The molecule has 1 fully saturated rings. The Morgan fingerprint density at radius 2 is 2.18 bits per heavy atom. The molecule has 1 aromatic carbocycles. The van der Waals surface area contributed by atoms with Crippen molar-refractivity contribution in [3.63, 3.8) is 0 Å². The van der Waals surface area contributed by atoms with Gasteiger partial charge in [0, 0.05) is 17.5 Å². The van der Waals surface area contributed by atoms with E-state index in [2.05, 4.69) is 15.8 Å². The Kier molecular flexibility index (Phi) is 5.12. The maximum atomic E-state index is 13.4. The van der Waals surface area contributed by atoms with Crippen LogP contribution in [0, 0.1) is 6.92 Å². The molecule has 3 aromatic rings. The average Bonchev–Trinajstić information content (AvgIpc) is 3.04. The number of amides is 1. The maximum Gasteiger partial charge on any atom is 0.264 e. The van der Waals surface area contributed by atoms with Crippen LogP contribution in [0.4, 0.5) is 0 Å². The highest BCUT2D eigenvalue weighted by atomic mass is 35.5. The summed E-state index contributed by atoms with van der Waals surface area (Å²) in [7, 11) is 1.75. The van der Waals surface area contributed by atoms with E-state index in [1.807, 2.05) is 16.7 Å². The molecule has 1 aliphatic rings. The molecular formula is C20H23ClN4O3. The number of halogens is 1. The van der Waals surface area contributed by atoms with E-state index in [1.54, 1.807) is 20.0 Å². The van der Waals surface area contributed by atoms with Crippen LogP contribution in [-0.4, -0.2) is 35.3 Å². The standard InChI is InChI=1S/C20H23ClN4O3/c1-11-17-19(24-28-11)18-14(21)7-4-8-15(18)25(20(17)27)13-6-3-5-12(9-13)23-16(26)10-22-2/h4,7-8,12-13,22H,3,5-6,9-10H2,1-2H3,(H,23,26). The van der Waals surface area contributed by atoms with E-state index >= 15 is 0 Å². The quantitative estimate of drug-likeness (QED) is 0.700. The van der Waals surface area contributed by atoms with Gasteiger partial charge in [0.2, 0.25) is 5.91 Å². The lowest BCUT2D eigenvalue weighted by Gasteiger charge is -2.32. The zero-order valence-corrected chi connectivity index (χ0v) is 16.7. The molecule has 0 aliphatic heterocycles. The van der Waals surface area contributed by atoms with Crippen LogP contribution in [0.5, 0.6) is 0 Å². The molecule has 0 bridgehead atoms. The normalized spacial score (nSPS) is 20.0. The third kappa shape index (κ3) is 3.18. The summed E-state index contributed by atoms with van der Waals surface area (Å²) in [5, 5.41) is 11.8. The molecule has 2 heterocycles. The molecule has 2 unspecified atom stereocenters. The summed E-state index contributed by atoms with van der Waals surface area (Å²) >= 11 is 6.48. The van der Waals surface area contributed by atoms with Crippen molar-refractivity contribution in [1.82, 2.24) is 20.4 Å². The van der Waals surface area contributed by atoms with E-state index in [0.717, 1.165) is 30.2 Å². The third-order valence-corrected chi connectivity index (χ3v) is 5.81. The highest BCUT2D eigenvalue weighted by Crippen LogP contribution is 2.35. The second-order valence-corrected chi connectivity index (χ2v) is 7.79. The number of aryl methyl sites for hydroxylation is 1. The molecule has 1 amide bonds. The van der Waals surface area contributed by atoms with Crippen molar-refractivity contribution < 1.29 is 9.32 Å². The molecule has 4 rings (SSSR count). The van der Waals surface area contributed by atoms with E-state index < -0.39 is 0 Å². The number of benzene rings is 1. The number of likely N-dealkylation sites (N-methyl/N-ethyl adjacent to an activating group) is 1. The summed E-state index contributed by atoms with van der Waals surface area (Å²) in [6.07, 6.45) is 3.42. The van der Waals surface area contributed by atoms with Gasteiger partial charge in [0.05, 0.1) is 17.1 Å². The van der Waals surface area contributed by atoms with Crippen LogP contribution in [0.15, 0.2) is 27.5 Å². The SMILES string of the molecule is CNCC(=O)NC1CCCC(n2c(=O)c3c(C)onc3c3c(Cl)cccc32)C1. The minimum absolute atomic E-state index is 0.0270. The van der Waals surface area contributed by atoms with Gasteiger partial charge in [-0.2, -0.15) is 0 Å². The van der Waals surface area contributed by atoms with Gasteiger partial charge in [-0.3, -0.25) is 9.59 Å². The van der Waals surface area contributed by atoms with E-state index in [-0.39, 0.29) is 30.1 Å². The molecule has 1 saturated carbocycles. The average molecular weight is 403 g/mol. The van der Waals surface area contributed by atoms with Crippen molar-refractivity contribution in [2.24, 2.45) is 0 Å². The summed E-state index contributed by atoms with van der Waals surface area (Å²) in [5.74, 6) is 0.462. The van der Waals surface area contributed by atoms with E-state index in [9.17, 15) is 9.59 Å². The Bertz CT molecular complexity index is 1100. The van der Waals surface area contributed by atoms with Gasteiger partial charge >= 0.3 is 0 Å². The zero-order chi connectivity index (χ0) is 19.8. The van der Waals surface area contributed by atoms with Crippen LogP contribution in [0.1, 0.15) is 37.5 Å². The van der Waals surface area contributed by atoms with Crippen LogP contribution >= 0.6 is 11.6 Å². The van der Waals surface area contributed by atoms with Gasteiger partial charge in [-0.25, -0.2) is 0 Å². The number of aromatic nitrogens is 2. The first-order chi connectivity index (χ1) is 13.5. The molecule has 0 radical (unpaired) electrons. The van der Waals surface area contributed by atoms with E-state index in [0.29, 0.717) is 28.1 Å². The topological polar surface area (TPSA) is 89.2 Å². The molecule has 2 aromatic heterocycles. The number of carbonyl (C=O) groups excluding carboxylic acids is 1. The van der Waals surface area contributed by atoms with E-state index in [1.165, 1.54) is 0 Å². The van der Waals surface area contributed by atoms with Gasteiger partial charge < -0.3 is 19.7 Å². The Labute approximate surface area is 167 Å². The van der Waals surface area contributed by atoms with Crippen molar-refractivity contribution in [3.8, 4) is 0 Å². The van der Waals surface area contributed by atoms with Crippen LogP contribution < -0.4 is 16.2 Å². The summed E-state index contributed by atoms with van der Waals surface area (Å²) < 4.78 is 7.14. The molecule has 0 spiro atoms. The predicted molar refractivity (Wildman–Crippen MR) is 109 cm³/mol. The van der Waals surface area contributed by atoms with Gasteiger partial charge in [-0.1, -0.05) is 22.8 Å². The monoisotopic (exact) mass is 402 g/mol. The Morgan fingerprint density at radius 3 is 2.96 bits per heavy atom. The van der Waals surface area contributed by atoms with Crippen molar-refractivity contribution in [1.29, 1.82) is 0 Å². The Morgan fingerprint density at radius 1 is 1.36 bits per heavy atom. The lowest BCUT2D eigenvalue weighted by molar-refractivity contribution is -0.121. The number of hydrogen-bond acceptors (Lipinski definition) is 5. The molecule has 2 N–H and O–H groups in total. The number of hydrogen-bond donors (Lipinski definition) is 2. The second kappa shape index (κ2) is 7.56. The van der Waals surface area contributed by atoms with Crippen LogP contribution in [0.3, 0.4) is 0 Å². The van der Waals surface area contributed by atoms with E-state index in [4.69, 9.17) is 16.1 Å². The number of nitrogens with one attached hydrogen (secondary N) is 2. The third-order valence-electron chi connectivity index (χ3n) is 5.50. The fraction of sp³-hybridized carbons (Fsp3) is 0.450. The highest BCUT2D eigenvalue weighted by Gasteiger charge is 2.28. The first-order valence-corrected chi connectivity index (χ1v) is 9.91. The molecule has 0 saturated heterocycles. The first kappa shape index (κ1) is 19.0. The number of rotatable bonds is 4. The smallest absolute Gasteiger partial charge is 0.264 e. The summed E-state index contributed by atoms with van der Waals surface area (Å²) in [5.41, 5.74) is 1.15. The van der Waals surface area contributed by atoms with Crippen molar-refractivity contribution in [3.05, 3.63) is 39.3 Å². The lowest BCUT2D eigenvalue weighted by Crippen LogP contribution is -2.43. The summed E-state index contributed by atoms with van der Waals surface area (Å²) in [4.78, 5) is 25.4. The lowest BCUT2D eigenvalue weighted by atomic mass is 9.90. The first-order valence-electron chi connectivity index (χ1n) is 9.54. The van der Waals surface area contributed by atoms with Crippen molar-refractivity contribution in [2.45, 2.75) is 44.7 Å². The maximum absolute atomic E-state index is 13.4. The zero-order valence-electron chi connectivity index (χ0n) is 15.9. The molecular weight excluding hydrogens is 380 g/mol. The van der Waals surface area contributed by atoms with Gasteiger partial charge in [0.1, 0.15) is 16.7 Å². The molecule has 148 valence electrons. The fourth-order valence-corrected chi connectivity index (χ4v) is 4.56. The number of nitrogens with zero attached hydrogens (tertiary/aromatic N) is 2. The minimum Gasteiger partial charge on any atom is -0.360 e. The number of fused-ring (bicyclic) bond motifs is 3.